The van der Waals surface area contributed by atoms with Crippen molar-refractivity contribution in [3.63, 3.8) is 0 Å². The van der Waals surface area contributed by atoms with E-state index in [1.807, 2.05) is 42.5 Å². The van der Waals surface area contributed by atoms with Crippen LogP contribution >= 0.6 is 0 Å². The third-order valence-corrected chi connectivity index (χ3v) is 6.94. The Bertz CT molecular complexity index is 1150. The number of primary amides is 1. The fraction of sp³-hybridized carbons (Fsp3) is 0.385. The van der Waals surface area contributed by atoms with Gasteiger partial charge in [0.05, 0.1) is 11.5 Å². The summed E-state index contributed by atoms with van der Waals surface area (Å²) in [6.45, 7) is -0.223. The number of benzene rings is 2. The smallest absolute Gasteiger partial charge is 0.405 e. The average molecular weight is 477 g/mol. The molecular formula is C26H28N4O5. The van der Waals surface area contributed by atoms with E-state index in [-0.39, 0.29) is 37.8 Å². The van der Waals surface area contributed by atoms with E-state index >= 15 is 0 Å². The molecule has 9 heteroatoms. The molecule has 0 aliphatic carbocycles. The molecule has 3 amide bonds. The summed E-state index contributed by atoms with van der Waals surface area (Å²) in [4.78, 5) is 39.5. The van der Waals surface area contributed by atoms with Gasteiger partial charge in [-0.25, -0.2) is 4.79 Å². The minimum atomic E-state index is -1.27. The fourth-order valence-electron chi connectivity index (χ4n) is 5.11. The maximum Gasteiger partial charge on any atom is 0.405 e. The number of anilines is 1. The Balaban J connectivity index is 1.53. The molecule has 0 saturated carbocycles. The molecule has 1 fully saturated rings. The summed E-state index contributed by atoms with van der Waals surface area (Å²) in [6.07, 6.45) is -0.961. The highest BCUT2D eigenvalue weighted by atomic mass is 16.6. The predicted octanol–water partition coefficient (Wildman–Crippen LogP) is 2.10. The molecule has 1 spiro atoms. The molecular weight excluding hydrogens is 448 g/mol. The lowest BCUT2D eigenvalue weighted by atomic mass is 9.80. The Kier molecular flexibility index (Phi) is 7.03. The number of nitrogens with one attached hydrogen (secondary N) is 1. The summed E-state index contributed by atoms with van der Waals surface area (Å²) in [6, 6.07) is 18.2. The molecule has 1 saturated heterocycles. The van der Waals surface area contributed by atoms with Crippen molar-refractivity contribution in [2.45, 2.75) is 43.2 Å². The van der Waals surface area contributed by atoms with Gasteiger partial charge in [0.1, 0.15) is 6.04 Å². The van der Waals surface area contributed by atoms with Gasteiger partial charge in [-0.3, -0.25) is 9.59 Å². The number of hydrogen-bond donors (Lipinski definition) is 3. The lowest BCUT2D eigenvalue weighted by molar-refractivity contribution is -0.141. The van der Waals surface area contributed by atoms with Gasteiger partial charge in [0.15, 0.2) is 6.10 Å². The van der Waals surface area contributed by atoms with E-state index in [1.165, 1.54) is 4.90 Å². The maximum absolute atomic E-state index is 13.6. The molecule has 2 aliphatic heterocycles. The number of nitrogens with zero attached hydrogens (tertiary/aromatic N) is 2. The number of aliphatic hydroxyl groups excluding tert-OH is 1. The minimum Gasteiger partial charge on any atom is -0.436 e. The predicted molar refractivity (Wildman–Crippen MR) is 127 cm³/mol. The van der Waals surface area contributed by atoms with E-state index < -0.39 is 29.6 Å². The van der Waals surface area contributed by atoms with Crippen LogP contribution < -0.4 is 11.1 Å². The summed E-state index contributed by atoms with van der Waals surface area (Å²) in [5.41, 5.74) is 6.69. The first kappa shape index (κ1) is 24.2. The number of hydrogen-bond acceptors (Lipinski definition) is 6. The van der Waals surface area contributed by atoms with Crippen LogP contribution in [0.5, 0.6) is 0 Å². The molecule has 9 nitrogen and oxygen atoms in total. The number of rotatable bonds is 8. The van der Waals surface area contributed by atoms with Crippen LogP contribution in [0.15, 0.2) is 54.6 Å². The second-order valence-electron chi connectivity index (χ2n) is 9.13. The van der Waals surface area contributed by atoms with E-state index in [9.17, 15) is 24.8 Å². The number of nitrogens with two attached hydrogens (primary N) is 1. The van der Waals surface area contributed by atoms with Gasteiger partial charge in [-0.15, -0.1) is 0 Å². The Morgan fingerprint density at radius 3 is 2.63 bits per heavy atom. The van der Waals surface area contributed by atoms with Crippen molar-refractivity contribution >= 4 is 23.6 Å². The quantitative estimate of drug-likeness (QED) is 0.532. The number of aryl methyl sites for hydroxylation is 1. The zero-order chi connectivity index (χ0) is 25.0. The molecule has 182 valence electrons. The summed E-state index contributed by atoms with van der Waals surface area (Å²) < 4.78 is 5.18. The van der Waals surface area contributed by atoms with Crippen molar-refractivity contribution in [2.24, 2.45) is 11.7 Å². The van der Waals surface area contributed by atoms with E-state index in [1.54, 1.807) is 12.1 Å². The Morgan fingerprint density at radius 2 is 1.94 bits per heavy atom. The number of para-hydroxylation sites is 1. The first-order valence-electron chi connectivity index (χ1n) is 11.6. The Hall–Kier alpha value is -3.90. The normalized spacial score (nSPS) is 22.2. The molecule has 0 radical (unpaired) electrons. The highest BCUT2D eigenvalue weighted by molar-refractivity contribution is 6.07. The van der Waals surface area contributed by atoms with Gasteiger partial charge in [-0.1, -0.05) is 48.5 Å². The van der Waals surface area contributed by atoms with Crippen LogP contribution in [-0.2, 0) is 26.2 Å². The van der Waals surface area contributed by atoms with Crippen LogP contribution in [-0.4, -0.2) is 53.2 Å². The molecule has 0 bridgehead atoms. The van der Waals surface area contributed by atoms with E-state index in [0.29, 0.717) is 18.5 Å². The number of carbonyl (C=O) groups excluding carboxylic acids is 3. The first-order chi connectivity index (χ1) is 16.9. The number of aliphatic hydroxyl groups is 1. The van der Waals surface area contributed by atoms with Gasteiger partial charge in [0.2, 0.25) is 5.91 Å². The van der Waals surface area contributed by atoms with E-state index in [4.69, 9.17) is 10.5 Å². The molecule has 2 aliphatic rings. The summed E-state index contributed by atoms with van der Waals surface area (Å²) in [5.74, 6) is -1.20. The van der Waals surface area contributed by atoms with Gasteiger partial charge < -0.3 is 25.8 Å². The van der Waals surface area contributed by atoms with Crippen molar-refractivity contribution in [3.05, 3.63) is 65.7 Å². The van der Waals surface area contributed by atoms with Crippen LogP contribution in [0.3, 0.4) is 0 Å². The second kappa shape index (κ2) is 10.2. The third kappa shape index (κ3) is 4.84. The second-order valence-corrected chi connectivity index (χ2v) is 9.13. The van der Waals surface area contributed by atoms with Crippen molar-refractivity contribution in [1.82, 2.24) is 4.90 Å². The zero-order valence-corrected chi connectivity index (χ0v) is 19.2. The molecule has 1 unspecified atom stereocenters. The monoisotopic (exact) mass is 476 g/mol. The van der Waals surface area contributed by atoms with Crippen molar-refractivity contribution < 1.29 is 24.2 Å². The average Bonchev–Trinajstić information content (AvgIpc) is 3.39. The molecule has 4 N–H and O–H groups in total. The van der Waals surface area contributed by atoms with Crippen molar-refractivity contribution in [3.8, 4) is 6.07 Å². The number of fused-ring (bicyclic) bond motifs is 2. The van der Waals surface area contributed by atoms with Gasteiger partial charge in [0, 0.05) is 25.3 Å². The molecule has 4 rings (SSSR count). The maximum atomic E-state index is 13.6. The van der Waals surface area contributed by atoms with Crippen molar-refractivity contribution in [1.29, 1.82) is 5.26 Å². The Labute approximate surface area is 203 Å². The third-order valence-electron chi connectivity index (χ3n) is 6.94. The summed E-state index contributed by atoms with van der Waals surface area (Å²) >= 11 is 0. The first-order valence-corrected chi connectivity index (χ1v) is 11.6. The van der Waals surface area contributed by atoms with Crippen LogP contribution in [0.2, 0.25) is 0 Å². The lowest BCUT2D eigenvalue weighted by Crippen LogP contribution is -2.47. The molecule has 2 heterocycles. The minimum absolute atomic E-state index is 0.0145. The van der Waals surface area contributed by atoms with Gasteiger partial charge in [-0.05, 0) is 42.4 Å². The van der Waals surface area contributed by atoms with Crippen LogP contribution in [0, 0.1) is 17.2 Å². The molecule has 0 aromatic heterocycles. The highest BCUT2D eigenvalue weighted by Gasteiger charge is 2.56. The Morgan fingerprint density at radius 1 is 1.23 bits per heavy atom. The molecule has 35 heavy (non-hydrogen) atoms. The van der Waals surface area contributed by atoms with Crippen LogP contribution in [0.4, 0.5) is 10.5 Å². The molecule has 2 aromatic rings. The lowest BCUT2D eigenvalue weighted by Gasteiger charge is -2.28. The SMILES string of the molecule is N#C[C@@H]1C[C@@]2(CN1C(=O)C(C[C@@H](CO)CCc1ccccc1)OC(N)=O)C(=O)Nc1ccccc12. The highest BCUT2D eigenvalue weighted by Crippen LogP contribution is 2.46. The van der Waals surface area contributed by atoms with E-state index in [0.717, 1.165) is 11.1 Å². The number of amides is 3. The summed E-state index contributed by atoms with van der Waals surface area (Å²) in [5, 5.41) is 22.6. The number of likely N-dealkylation sites (tertiary alicyclic amines) is 1. The molecule has 2 aromatic carbocycles. The van der Waals surface area contributed by atoms with Crippen LogP contribution in [0.25, 0.3) is 0 Å². The number of carbonyl (C=O) groups is 3. The fourth-order valence-corrected chi connectivity index (χ4v) is 5.11. The topological polar surface area (TPSA) is 146 Å². The summed E-state index contributed by atoms with van der Waals surface area (Å²) in [7, 11) is 0. The van der Waals surface area contributed by atoms with Crippen molar-refractivity contribution in [2.75, 3.05) is 18.5 Å². The van der Waals surface area contributed by atoms with Crippen LogP contribution in [0.1, 0.15) is 30.4 Å². The molecule has 4 atom stereocenters. The number of nitriles is 1. The standard InChI is InChI=1S/C26H28N4O5/c27-14-19-13-26(20-8-4-5-9-21(20)29-24(26)33)16-30(19)23(32)22(35-25(28)34)12-18(15-31)11-10-17-6-2-1-3-7-17/h1-9,18-19,22,31H,10-13,15-16H2,(H2,28,34)(H,29,33)/t18-,19-,22?,26-/m0/s1. The number of ether oxygens (including phenoxy) is 1. The van der Waals surface area contributed by atoms with Gasteiger partial charge in [-0.2, -0.15) is 5.26 Å². The van der Waals surface area contributed by atoms with Gasteiger partial charge in [0.25, 0.3) is 5.91 Å². The van der Waals surface area contributed by atoms with E-state index in [2.05, 4.69) is 11.4 Å². The largest absolute Gasteiger partial charge is 0.436 e. The van der Waals surface area contributed by atoms with Gasteiger partial charge >= 0.3 is 6.09 Å². The zero-order valence-electron chi connectivity index (χ0n) is 19.2.